The van der Waals surface area contributed by atoms with Crippen molar-refractivity contribution in [3.8, 4) is 0 Å². The van der Waals surface area contributed by atoms with E-state index in [0.717, 1.165) is 38.9 Å². The summed E-state index contributed by atoms with van der Waals surface area (Å²) in [6.07, 6.45) is 4.93. The van der Waals surface area contributed by atoms with E-state index in [0.29, 0.717) is 11.9 Å². The van der Waals surface area contributed by atoms with E-state index in [1.54, 1.807) is 10.9 Å². The van der Waals surface area contributed by atoms with Crippen LogP contribution in [0, 0.1) is 0 Å². The SMILES string of the molecule is CCCn1cc(NC(=O)N2CCC(N3CCSCC3)CC2)nn1. The van der Waals surface area contributed by atoms with Gasteiger partial charge in [-0.25, -0.2) is 4.79 Å². The highest BCUT2D eigenvalue weighted by molar-refractivity contribution is 7.99. The zero-order valence-corrected chi connectivity index (χ0v) is 14.6. The molecule has 0 unspecified atom stereocenters. The summed E-state index contributed by atoms with van der Waals surface area (Å²) in [4.78, 5) is 16.8. The third kappa shape index (κ3) is 4.38. The molecule has 0 aromatic carbocycles. The third-order valence-electron chi connectivity index (χ3n) is 4.54. The second-order valence-electron chi connectivity index (χ2n) is 6.16. The number of likely N-dealkylation sites (tertiary alicyclic amines) is 1. The fraction of sp³-hybridized carbons (Fsp3) is 0.800. The van der Waals surface area contributed by atoms with Gasteiger partial charge in [0.15, 0.2) is 5.82 Å². The Balaban J connectivity index is 1.45. The number of hydrogen-bond acceptors (Lipinski definition) is 5. The van der Waals surface area contributed by atoms with Crippen LogP contribution < -0.4 is 5.32 Å². The number of thioether (sulfide) groups is 1. The lowest BCUT2D eigenvalue weighted by Crippen LogP contribution is -2.49. The standard InChI is InChI=1S/C15H26N6OS/c1-2-5-21-12-14(17-18-21)16-15(22)20-6-3-13(4-7-20)19-8-10-23-11-9-19/h12-13H,2-11H2,1H3,(H,16,22). The number of hydrogen-bond donors (Lipinski definition) is 1. The van der Waals surface area contributed by atoms with Crippen molar-refractivity contribution in [2.75, 3.05) is 43.0 Å². The summed E-state index contributed by atoms with van der Waals surface area (Å²) < 4.78 is 1.76. The minimum atomic E-state index is -0.0544. The van der Waals surface area contributed by atoms with Crippen molar-refractivity contribution < 1.29 is 4.79 Å². The molecular formula is C15H26N6OS. The summed E-state index contributed by atoms with van der Waals surface area (Å²) in [7, 11) is 0. The van der Waals surface area contributed by atoms with Gasteiger partial charge in [0.05, 0.1) is 6.20 Å². The van der Waals surface area contributed by atoms with Gasteiger partial charge in [-0.05, 0) is 19.3 Å². The topological polar surface area (TPSA) is 66.3 Å². The molecule has 23 heavy (non-hydrogen) atoms. The minimum Gasteiger partial charge on any atom is -0.324 e. The van der Waals surface area contributed by atoms with Gasteiger partial charge in [-0.3, -0.25) is 14.9 Å². The molecule has 3 rings (SSSR count). The molecule has 1 aromatic rings. The Bertz CT molecular complexity index is 508. The molecule has 0 radical (unpaired) electrons. The van der Waals surface area contributed by atoms with E-state index in [-0.39, 0.29) is 6.03 Å². The fourth-order valence-corrected chi connectivity index (χ4v) is 4.19. The van der Waals surface area contributed by atoms with Crippen molar-refractivity contribution in [3.63, 3.8) is 0 Å². The predicted molar refractivity (Wildman–Crippen MR) is 92.8 cm³/mol. The predicted octanol–water partition coefficient (Wildman–Crippen LogP) is 1.73. The van der Waals surface area contributed by atoms with Crippen molar-refractivity contribution in [2.45, 2.75) is 38.8 Å². The first-order valence-corrected chi connectivity index (χ1v) is 9.69. The Morgan fingerprint density at radius 2 is 2.04 bits per heavy atom. The van der Waals surface area contributed by atoms with Crippen LogP contribution in [0.2, 0.25) is 0 Å². The van der Waals surface area contributed by atoms with Crippen molar-refractivity contribution in [3.05, 3.63) is 6.20 Å². The van der Waals surface area contributed by atoms with Crippen LogP contribution in [0.15, 0.2) is 6.20 Å². The number of nitrogens with one attached hydrogen (secondary N) is 1. The lowest BCUT2D eigenvalue weighted by atomic mass is 10.0. The quantitative estimate of drug-likeness (QED) is 0.906. The zero-order chi connectivity index (χ0) is 16.1. The number of aryl methyl sites for hydroxylation is 1. The van der Waals surface area contributed by atoms with Crippen molar-refractivity contribution >= 4 is 23.6 Å². The van der Waals surface area contributed by atoms with Crippen LogP contribution in [-0.2, 0) is 6.54 Å². The van der Waals surface area contributed by atoms with Gasteiger partial charge in [0.2, 0.25) is 0 Å². The maximum absolute atomic E-state index is 12.3. The van der Waals surface area contributed by atoms with Crippen LogP contribution in [0.1, 0.15) is 26.2 Å². The summed E-state index contributed by atoms with van der Waals surface area (Å²) in [5, 5.41) is 10.9. The Hall–Kier alpha value is -1.28. The Morgan fingerprint density at radius 3 is 2.74 bits per heavy atom. The number of piperidine rings is 1. The molecule has 3 heterocycles. The maximum Gasteiger partial charge on any atom is 0.323 e. The Kier molecular flexibility index (Phi) is 5.77. The van der Waals surface area contributed by atoms with E-state index in [2.05, 4.69) is 27.5 Å². The molecule has 0 aliphatic carbocycles. The van der Waals surface area contributed by atoms with Crippen LogP contribution in [0.3, 0.4) is 0 Å². The molecule has 1 N–H and O–H groups in total. The monoisotopic (exact) mass is 338 g/mol. The largest absolute Gasteiger partial charge is 0.324 e. The number of carbonyl (C=O) groups excluding carboxylic acids is 1. The molecule has 2 amide bonds. The van der Waals surface area contributed by atoms with Crippen molar-refractivity contribution in [1.29, 1.82) is 0 Å². The summed E-state index contributed by atoms with van der Waals surface area (Å²) in [5.74, 6) is 3.03. The lowest BCUT2D eigenvalue weighted by Gasteiger charge is -2.39. The van der Waals surface area contributed by atoms with E-state index < -0.39 is 0 Å². The van der Waals surface area contributed by atoms with Gasteiger partial charge >= 0.3 is 6.03 Å². The normalized spacial score (nSPS) is 20.7. The second kappa shape index (κ2) is 8.01. The van der Waals surface area contributed by atoms with Gasteiger partial charge in [0.25, 0.3) is 0 Å². The number of aromatic nitrogens is 3. The first kappa shape index (κ1) is 16.6. The molecule has 7 nitrogen and oxygen atoms in total. The molecule has 0 spiro atoms. The number of rotatable bonds is 4. The lowest BCUT2D eigenvalue weighted by molar-refractivity contribution is 0.130. The molecule has 2 fully saturated rings. The van der Waals surface area contributed by atoms with Crippen molar-refractivity contribution in [2.24, 2.45) is 0 Å². The third-order valence-corrected chi connectivity index (χ3v) is 5.48. The highest BCUT2D eigenvalue weighted by Gasteiger charge is 2.27. The Labute approximate surface area is 141 Å². The summed E-state index contributed by atoms with van der Waals surface area (Å²) in [6.45, 7) is 6.95. The van der Waals surface area contributed by atoms with E-state index in [1.165, 1.54) is 24.6 Å². The Morgan fingerprint density at radius 1 is 1.30 bits per heavy atom. The van der Waals surface area contributed by atoms with E-state index in [1.807, 2.05) is 16.7 Å². The zero-order valence-electron chi connectivity index (χ0n) is 13.8. The van der Waals surface area contributed by atoms with E-state index in [4.69, 9.17) is 0 Å². The summed E-state index contributed by atoms with van der Waals surface area (Å²) >= 11 is 2.04. The number of anilines is 1. The van der Waals surface area contributed by atoms with Crippen molar-refractivity contribution in [1.82, 2.24) is 24.8 Å². The van der Waals surface area contributed by atoms with Crippen LogP contribution in [0.4, 0.5) is 10.6 Å². The number of amides is 2. The average molecular weight is 338 g/mol. The van der Waals surface area contributed by atoms with Gasteiger partial charge in [-0.15, -0.1) is 5.10 Å². The first-order valence-electron chi connectivity index (χ1n) is 8.54. The first-order chi connectivity index (χ1) is 11.3. The number of urea groups is 1. The molecular weight excluding hydrogens is 312 g/mol. The minimum absolute atomic E-state index is 0.0544. The average Bonchev–Trinajstić information content (AvgIpc) is 3.03. The van der Waals surface area contributed by atoms with Gasteiger partial charge in [0, 0.05) is 50.3 Å². The molecule has 0 bridgehead atoms. The van der Waals surface area contributed by atoms with E-state index >= 15 is 0 Å². The fourth-order valence-electron chi connectivity index (χ4n) is 3.26. The van der Waals surface area contributed by atoms with Crippen LogP contribution in [-0.4, -0.2) is 74.6 Å². The van der Waals surface area contributed by atoms with Gasteiger partial charge in [-0.1, -0.05) is 12.1 Å². The summed E-state index contributed by atoms with van der Waals surface area (Å²) in [5.41, 5.74) is 0. The molecule has 128 valence electrons. The smallest absolute Gasteiger partial charge is 0.323 e. The highest BCUT2D eigenvalue weighted by atomic mass is 32.2. The van der Waals surface area contributed by atoms with E-state index in [9.17, 15) is 4.79 Å². The maximum atomic E-state index is 12.3. The van der Waals surface area contributed by atoms with Gasteiger partial charge in [-0.2, -0.15) is 11.8 Å². The highest BCUT2D eigenvalue weighted by Crippen LogP contribution is 2.21. The molecule has 0 saturated carbocycles. The molecule has 2 aliphatic heterocycles. The van der Waals surface area contributed by atoms with Crippen LogP contribution in [0.25, 0.3) is 0 Å². The number of nitrogens with zero attached hydrogens (tertiary/aromatic N) is 5. The molecule has 1 aromatic heterocycles. The number of carbonyl (C=O) groups is 1. The molecule has 0 atom stereocenters. The van der Waals surface area contributed by atoms with Crippen LogP contribution >= 0.6 is 11.8 Å². The molecule has 2 saturated heterocycles. The van der Waals surface area contributed by atoms with Gasteiger partial charge in [0.1, 0.15) is 0 Å². The summed E-state index contributed by atoms with van der Waals surface area (Å²) in [6, 6.07) is 0.589. The molecule has 2 aliphatic rings. The van der Waals surface area contributed by atoms with Crippen LogP contribution in [0.5, 0.6) is 0 Å². The van der Waals surface area contributed by atoms with Gasteiger partial charge < -0.3 is 4.90 Å². The second-order valence-corrected chi connectivity index (χ2v) is 7.39. The molecule has 8 heteroatoms.